The van der Waals surface area contributed by atoms with E-state index in [4.69, 9.17) is 0 Å². The van der Waals surface area contributed by atoms with Gasteiger partial charge in [-0.3, -0.25) is 9.79 Å². The number of guanidine groups is 1. The van der Waals surface area contributed by atoms with Crippen molar-refractivity contribution in [3.63, 3.8) is 0 Å². The molecule has 3 N–H and O–H groups in total. The molecule has 27 heavy (non-hydrogen) atoms. The largest absolute Gasteiger partial charge is 0.356 e. The first-order chi connectivity index (χ1) is 12.7. The summed E-state index contributed by atoms with van der Waals surface area (Å²) in [6.45, 7) is 12.1. The average Bonchev–Trinajstić information content (AvgIpc) is 2.93. The summed E-state index contributed by atoms with van der Waals surface area (Å²) in [5.41, 5.74) is -0.239. The van der Waals surface area contributed by atoms with Gasteiger partial charge in [0, 0.05) is 32.1 Å². The molecule has 0 saturated heterocycles. The highest BCUT2D eigenvalue weighted by Crippen LogP contribution is 2.16. The highest BCUT2D eigenvalue weighted by Gasteiger charge is 2.14. The third kappa shape index (κ3) is 9.12. The summed E-state index contributed by atoms with van der Waals surface area (Å²) in [5.74, 6) is 2.12. The van der Waals surface area contributed by atoms with E-state index in [0.29, 0.717) is 11.9 Å². The third-order valence-electron chi connectivity index (χ3n) is 3.55. The third-order valence-corrected chi connectivity index (χ3v) is 4.21. The van der Waals surface area contributed by atoms with Crippen LogP contribution in [-0.2, 0) is 17.8 Å². The predicted octanol–water partition coefficient (Wildman–Crippen LogP) is 1.67. The number of hydrogen-bond acceptors (Lipinski definition) is 5. The number of carbonyl (C=O) groups is 1. The molecule has 0 aromatic carbocycles. The molecule has 9 heteroatoms. The van der Waals surface area contributed by atoms with Crippen molar-refractivity contribution in [3.05, 3.63) is 5.82 Å². The van der Waals surface area contributed by atoms with E-state index in [1.54, 1.807) is 18.8 Å². The minimum absolute atomic E-state index is 0.0585. The molecular formula is C18H35N7OS. The van der Waals surface area contributed by atoms with Crippen LogP contribution in [0.2, 0.25) is 0 Å². The number of aryl methyl sites for hydroxylation is 1. The van der Waals surface area contributed by atoms with Crippen molar-refractivity contribution >= 4 is 23.6 Å². The van der Waals surface area contributed by atoms with Crippen molar-refractivity contribution < 1.29 is 4.79 Å². The van der Waals surface area contributed by atoms with Crippen LogP contribution < -0.4 is 16.0 Å². The molecule has 0 spiro atoms. The summed E-state index contributed by atoms with van der Waals surface area (Å²) >= 11 is 1.63. The smallest absolute Gasteiger partial charge is 0.239 e. The zero-order chi connectivity index (χ0) is 20.4. The van der Waals surface area contributed by atoms with Gasteiger partial charge in [-0.15, -0.1) is 10.2 Å². The van der Waals surface area contributed by atoms with E-state index in [-0.39, 0.29) is 18.0 Å². The first kappa shape index (κ1) is 23.3. The number of rotatable bonds is 9. The van der Waals surface area contributed by atoms with Crippen molar-refractivity contribution in [2.45, 2.75) is 64.7 Å². The van der Waals surface area contributed by atoms with Crippen molar-refractivity contribution in [3.8, 4) is 0 Å². The molecule has 0 atom stereocenters. The molecule has 0 aliphatic carbocycles. The van der Waals surface area contributed by atoms with E-state index in [1.807, 2.05) is 27.0 Å². The molecule has 1 aromatic heterocycles. The van der Waals surface area contributed by atoms with Crippen LogP contribution >= 0.6 is 11.8 Å². The molecule has 1 rings (SSSR count). The summed E-state index contributed by atoms with van der Waals surface area (Å²) in [6.07, 6.45) is 3.77. The maximum atomic E-state index is 11.9. The number of carbonyl (C=O) groups excluding carboxylic acids is 1. The van der Waals surface area contributed by atoms with Gasteiger partial charge in [-0.2, -0.15) is 0 Å². The zero-order valence-electron chi connectivity index (χ0n) is 17.7. The van der Waals surface area contributed by atoms with Gasteiger partial charge in [0.15, 0.2) is 11.1 Å². The van der Waals surface area contributed by atoms with Crippen LogP contribution in [0.25, 0.3) is 0 Å². The van der Waals surface area contributed by atoms with Crippen molar-refractivity contribution in [1.82, 2.24) is 30.7 Å². The summed E-state index contributed by atoms with van der Waals surface area (Å²) in [5, 5.41) is 18.8. The van der Waals surface area contributed by atoms with Gasteiger partial charge in [0.05, 0.1) is 6.54 Å². The minimum atomic E-state index is -0.239. The quantitative estimate of drug-likeness (QED) is 0.254. The van der Waals surface area contributed by atoms with Crippen LogP contribution in [-0.4, -0.2) is 58.6 Å². The highest BCUT2D eigenvalue weighted by atomic mass is 32.2. The van der Waals surface area contributed by atoms with E-state index in [9.17, 15) is 4.79 Å². The molecule has 0 unspecified atom stereocenters. The summed E-state index contributed by atoms with van der Waals surface area (Å²) < 4.78 is 2.21. The maximum absolute atomic E-state index is 11.9. The lowest BCUT2D eigenvalue weighted by Gasteiger charge is -2.21. The summed E-state index contributed by atoms with van der Waals surface area (Å²) in [4.78, 5) is 16.0. The molecule has 0 aliphatic rings. The fourth-order valence-corrected chi connectivity index (χ4v) is 3.03. The molecular weight excluding hydrogens is 362 g/mol. The van der Waals surface area contributed by atoms with Crippen molar-refractivity contribution in [1.29, 1.82) is 0 Å². The standard InChI is InChI=1S/C18H35N7OS/c1-13(2)12-25-14(23-24-17(25)27-7)9-8-10-20-16(19-6)21-11-15(26)22-18(3,4)5/h13H,8-12H2,1-7H3,(H,22,26)(H2,19,20,21). The van der Waals surface area contributed by atoms with Gasteiger partial charge in [-0.1, -0.05) is 25.6 Å². The normalized spacial score (nSPS) is 12.4. The molecule has 1 aromatic rings. The van der Waals surface area contributed by atoms with Gasteiger partial charge < -0.3 is 20.5 Å². The molecule has 0 fully saturated rings. The Balaban J connectivity index is 2.42. The molecule has 1 heterocycles. The molecule has 0 aliphatic heterocycles. The van der Waals surface area contributed by atoms with E-state index in [0.717, 1.165) is 36.9 Å². The molecule has 0 radical (unpaired) electrons. The van der Waals surface area contributed by atoms with Crippen molar-refractivity contribution in [2.75, 3.05) is 26.4 Å². The number of aromatic nitrogens is 3. The van der Waals surface area contributed by atoms with E-state index >= 15 is 0 Å². The second-order valence-electron chi connectivity index (χ2n) is 7.86. The van der Waals surface area contributed by atoms with Gasteiger partial charge in [0.25, 0.3) is 0 Å². The van der Waals surface area contributed by atoms with Crippen LogP contribution in [0.3, 0.4) is 0 Å². The van der Waals surface area contributed by atoms with E-state index in [2.05, 4.69) is 49.6 Å². The number of amides is 1. The average molecular weight is 398 g/mol. The predicted molar refractivity (Wildman–Crippen MR) is 112 cm³/mol. The number of aliphatic imine (C=N–C) groups is 1. The fraction of sp³-hybridized carbons (Fsp3) is 0.778. The Labute approximate surface area is 167 Å². The Kier molecular flexibility index (Phi) is 9.62. The van der Waals surface area contributed by atoms with Crippen molar-refractivity contribution in [2.24, 2.45) is 10.9 Å². The maximum Gasteiger partial charge on any atom is 0.239 e. The van der Waals surface area contributed by atoms with Crippen LogP contribution in [0.1, 0.15) is 46.9 Å². The lowest BCUT2D eigenvalue weighted by molar-refractivity contribution is -0.121. The molecule has 154 valence electrons. The zero-order valence-corrected chi connectivity index (χ0v) is 18.5. The number of nitrogens with one attached hydrogen (secondary N) is 3. The van der Waals surface area contributed by atoms with E-state index in [1.165, 1.54) is 0 Å². The second-order valence-corrected chi connectivity index (χ2v) is 8.64. The number of hydrogen-bond donors (Lipinski definition) is 3. The number of nitrogens with zero attached hydrogens (tertiary/aromatic N) is 4. The molecule has 0 saturated carbocycles. The monoisotopic (exact) mass is 397 g/mol. The second kappa shape index (κ2) is 11.2. The van der Waals surface area contributed by atoms with Gasteiger partial charge in [-0.25, -0.2) is 0 Å². The first-order valence-corrected chi connectivity index (χ1v) is 10.6. The van der Waals surface area contributed by atoms with Gasteiger partial charge in [0.2, 0.25) is 5.91 Å². The first-order valence-electron chi connectivity index (χ1n) is 9.38. The lowest BCUT2D eigenvalue weighted by atomic mass is 10.1. The fourth-order valence-electron chi connectivity index (χ4n) is 2.50. The topological polar surface area (TPSA) is 96.2 Å². The summed E-state index contributed by atoms with van der Waals surface area (Å²) in [6, 6.07) is 0. The highest BCUT2D eigenvalue weighted by molar-refractivity contribution is 7.98. The Bertz CT molecular complexity index is 620. The van der Waals surface area contributed by atoms with Crippen LogP contribution in [0.15, 0.2) is 10.1 Å². The van der Waals surface area contributed by atoms with Gasteiger partial charge in [0.1, 0.15) is 5.82 Å². The molecule has 8 nitrogen and oxygen atoms in total. The Hall–Kier alpha value is -1.77. The van der Waals surface area contributed by atoms with Crippen LogP contribution in [0.5, 0.6) is 0 Å². The number of thioether (sulfide) groups is 1. The summed E-state index contributed by atoms with van der Waals surface area (Å²) in [7, 11) is 1.70. The van der Waals surface area contributed by atoms with Gasteiger partial charge >= 0.3 is 0 Å². The minimum Gasteiger partial charge on any atom is -0.356 e. The molecule has 1 amide bonds. The Morgan fingerprint density at radius 3 is 2.52 bits per heavy atom. The van der Waals surface area contributed by atoms with Crippen LogP contribution in [0, 0.1) is 5.92 Å². The van der Waals surface area contributed by atoms with Gasteiger partial charge in [-0.05, 0) is 39.4 Å². The lowest BCUT2D eigenvalue weighted by Crippen LogP contribution is -2.48. The molecule has 0 bridgehead atoms. The van der Waals surface area contributed by atoms with Crippen LogP contribution in [0.4, 0.5) is 0 Å². The Morgan fingerprint density at radius 2 is 1.96 bits per heavy atom. The van der Waals surface area contributed by atoms with E-state index < -0.39 is 0 Å². The Morgan fingerprint density at radius 1 is 1.26 bits per heavy atom. The SMILES string of the molecule is CN=C(NCCCc1nnc(SC)n1CC(C)C)NCC(=O)NC(C)(C)C.